The average Bonchev–Trinajstić information content (AvgIpc) is 3.42. The van der Waals surface area contributed by atoms with Crippen LogP contribution < -0.4 is 0 Å². The van der Waals surface area contributed by atoms with E-state index in [1.54, 1.807) is 21.7 Å². The molecule has 0 unspecified atom stereocenters. The van der Waals surface area contributed by atoms with Gasteiger partial charge in [0.25, 0.3) is 0 Å². The van der Waals surface area contributed by atoms with E-state index in [0.717, 1.165) is 40.7 Å². The Kier molecular flexibility index (Phi) is 5.87. The maximum absolute atomic E-state index is 13.6. The first-order chi connectivity index (χ1) is 16.7. The maximum atomic E-state index is 13.6. The average molecular weight is 475 g/mol. The lowest BCUT2D eigenvalue weighted by atomic mass is 9.89. The van der Waals surface area contributed by atoms with Gasteiger partial charge in [-0.15, -0.1) is 0 Å². The zero-order valence-corrected chi connectivity index (χ0v) is 20.7. The molecule has 5 rings (SSSR count). The summed E-state index contributed by atoms with van der Waals surface area (Å²) in [5, 5.41) is 5.73. The van der Waals surface area contributed by atoms with E-state index in [1.807, 2.05) is 40.1 Å². The number of piperidine rings is 1. The molecule has 1 aliphatic heterocycles. The first-order valence-electron chi connectivity index (χ1n) is 12.1. The Balaban J connectivity index is 1.50. The van der Waals surface area contributed by atoms with Gasteiger partial charge in [0.1, 0.15) is 11.4 Å². The number of halogens is 1. The third-order valence-corrected chi connectivity index (χ3v) is 6.54. The summed E-state index contributed by atoms with van der Waals surface area (Å²) in [4.78, 5) is 14.4. The van der Waals surface area contributed by atoms with Gasteiger partial charge in [0.2, 0.25) is 0 Å². The minimum absolute atomic E-state index is 0.248. The van der Waals surface area contributed by atoms with Crippen LogP contribution in [0.2, 0.25) is 0 Å². The van der Waals surface area contributed by atoms with Gasteiger partial charge in [-0.1, -0.05) is 6.07 Å². The monoisotopic (exact) mass is 474 g/mol. The molecular formula is C28H31FN4O2. The highest BCUT2D eigenvalue weighted by atomic mass is 19.1. The Hall–Kier alpha value is -3.61. The van der Waals surface area contributed by atoms with Crippen LogP contribution in [0.15, 0.2) is 60.9 Å². The van der Waals surface area contributed by atoms with E-state index in [-0.39, 0.29) is 11.9 Å². The Bertz CT molecular complexity index is 1360. The number of hydrogen-bond donors (Lipinski definition) is 0. The molecule has 0 atom stereocenters. The molecule has 6 nitrogen and oxygen atoms in total. The van der Waals surface area contributed by atoms with Gasteiger partial charge in [-0.05, 0) is 87.6 Å². The molecule has 0 aliphatic carbocycles. The number of carbonyl (C=O) groups is 1. The van der Waals surface area contributed by atoms with Gasteiger partial charge >= 0.3 is 6.09 Å². The molecule has 0 saturated carbocycles. The lowest BCUT2D eigenvalue weighted by Crippen LogP contribution is -2.41. The minimum atomic E-state index is -0.502. The first-order valence-corrected chi connectivity index (χ1v) is 12.1. The van der Waals surface area contributed by atoms with Crippen molar-refractivity contribution >= 4 is 17.0 Å². The van der Waals surface area contributed by atoms with Gasteiger partial charge in [-0.2, -0.15) is 5.10 Å². The minimum Gasteiger partial charge on any atom is -0.444 e. The summed E-state index contributed by atoms with van der Waals surface area (Å²) in [5.41, 5.74) is 4.71. The molecule has 0 radical (unpaired) electrons. The van der Waals surface area contributed by atoms with E-state index < -0.39 is 5.60 Å². The van der Waals surface area contributed by atoms with Crippen molar-refractivity contribution in [2.45, 2.75) is 45.1 Å². The van der Waals surface area contributed by atoms with Crippen LogP contribution in [0, 0.1) is 5.82 Å². The number of carbonyl (C=O) groups excluding carboxylic acids is 1. The number of aryl methyl sites for hydroxylation is 1. The molecule has 35 heavy (non-hydrogen) atoms. The van der Waals surface area contributed by atoms with Crippen LogP contribution in [0.3, 0.4) is 0 Å². The number of rotatable bonds is 3. The topological polar surface area (TPSA) is 52.3 Å². The molecule has 0 bridgehead atoms. The van der Waals surface area contributed by atoms with E-state index in [9.17, 15) is 9.18 Å². The van der Waals surface area contributed by atoms with E-state index in [0.29, 0.717) is 19.0 Å². The second-order valence-electron chi connectivity index (χ2n) is 10.3. The van der Waals surface area contributed by atoms with Crippen molar-refractivity contribution in [3.8, 4) is 16.9 Å². The number of nitrogens with zero attached hydrogens (tertiary/aromatic N) is 4. The van der Waals surface area contributed by atoms with Gasteiger partial charge in [-0.25, -0.2) is 9.18 Å². The predicted molar refractivity (Wildman–Crippen MR) is 135 cm³/mol. The van der Waals surface area contributed by atoms with Crippen LogP contribution in [-0.2, 0) is 11.8 Å². The number of aromatic nitrogens is 3. The standard InChI is InChI=1S/C28H31FN4O2/c1-28(2,3)35-27(34)32-15-11-19(12-16-32)24-18-33(22-8-6-21(29)7-9-22)26-10-5-20(17-23(24)26)25-13-14-31(4)30-25/h5-10,13-14,17-19H,11-12,15-16H2,1-4H3. The second-order valence-corrected chi connectivity index (χ2v) is 10.3. The Morgan fingerprint density at radius 3 is 2.40 bits per heavy atom. The molecule has 1 amide bonds. The quantitative estimate of drug-likeness (QED) is 0.351. The molecule has 7 heteroatoms. The van der Waals surface area contributed by atoms with Crippen molar-refractivity contribution in [1.29, 1.82) is 0 Å². The summed E-state index contributed by atoms with van der Waals surface area (Å²) >= 11 is 0. The summed E-state index contributed by atoms with van der Waals surface area (Å²) in [6.45, 7) is 6.98. The van der Waals surface area contributed by atoms with Crippen LogP contribution in [0.4, 0.5) is 9.18 Å². The Morgan fingerprint density at radius 2 is 1.77 bits per heavy atom. The predicted octanol–water partition coefficient (Wildman–Crippen LogP) is 6.28. The van der Waals surface area contributed by atoms with Gasteiger partial charge in [-0.3, -0.25) is 4.68 Å². The fourth-order valence-corrected chi connectivity index (χ4v) is 4.82. The van der Waals surface area contributed by atoms with Crippen molar-refractivity contribution in [3.63, 3.8) is 0 Å². The smallest absolute Gasteiger partial charge is 0.410 e. The summed E-state index contributed by atoms with van der Waals surface area (Å²) in [6, 6.07) is 15.0. The van der Waals surface area contributed by atoms with Crippen LogP contribution in [0.25, 0.3) is 27.8 Å². The summed E-state index contributed by atoms with van der Waals surface area (Å²) in [6.07, 6.45) is 5.58. The Labute approximate surface area is 204 Å². The molecule has 2 aromatic carbocycles. The third kappa shape index (κ3) is 4.81. The van der Waals surface area contributed by atoms with Gasteiger partial charge in [0.05, 0.1) is 11.2 Å². The highest BCUT2D eigenvalue weighted by Crippen LogP contribution is 2.37. The second kappa shape index (κ2) is 8.87. The van der Waals surface area contributed by atoms with Crippen LogP contribution in [-0.4, -0.2) is 44.0 Å². The molecular weight excluding hydrogens is 443 g/mol. The van der Waals surface area contributed by atoms with Gasteiger partial charge < -0.3 is 14.2 Å². The zero-order chi connectivity index (χ0) is 24.7. The molecule has 182 valence electrons. The number of fused-ring (bicyclic) bond motifs is 1. The van der Waals surface area contributed by atoms with E-state index in [2.05, 4.69) is 34.1 Å². The third-order valence-electron chi connectivity index (χ3n) is 6.54. The summed E-state index contributed by atoms with van der Waals surface area (Å²) in [5.74, 6) is 0.0502. The fraction of sp³-hybridized carbons (Fsp3) is 0.357. The molecule has 2 aromatic heterocycles. The highest BCUT2D eigenvalue weighted by Gasteiger charge is 2.29. The van der Waals surface area contributed by atoms with Crippen molar-refractivity contribution in [2.75, 3.05) is 13.1 Å². The van der Waals surface area contributed by atoms with Crippen LogP contribution in [0.1, 0.15) is 45.1 Å². The number of hydrogen-bond acceptors (Lipinski definition) is 3. The summed E-state index contributed by atoms with van der Waals surface area (Å²) in [7, 11) is 1.91. The van der Waals surface area contributed by atoms with Crippen molar-refractivity contribution in [2.24, 2.45) is 7.05 Å². The molecule has 1 saturated heterocycles. The van der Waals surface area contributed by atoms with E-state index in [1.165, 1.54) is 17.7 Å². The lowest BCUT2D eigenvalue weighted by molar-refractivity contribution is 0.0205. The number of likely N-dealkylation sites (tertiary alicyclic amines) is 1. The van der Waals surface area contributed by atoms with Crippen molar-refractivity contribution < 1.29 is 13.9 Å². The molecule has 0 N–H and O–H groups in total. The van der Waals surface area contributed by atoms with Crippen molar-refractivity contribution in [3.05, 3.63) is 72.3 Å². The highest BCUT2D eigenvalue weighted by molar-refractivity contribution is 5.90. The zero-order valence-electron chi connectivity index (χ0n) is 20.7. The molecule has 0 spiro atoms. The first kappa shape index (κ1) is 23.1. The Morgan fingerprint density at radius 1 is 1.06 bits per heavy atom. The fourth-order valence-electron chi connectivity index (χ4n) is 4.82. The van der Waals surface area contributed by atoms with E-state index in [4.69, 9.17) is 4.74 Å². The van der Waals surface area contributed by atoms with Crippen LogP contribution >= 0.6 is 0 Å². The van der Waals surface area contributed by atoms with Crippen molar-refractivity contribution in [1.82, 2.24) is 19.2 Å². The lowest BCUT2D eigenvalue weighted by Gasteiger charge is -2.33. The van der Waals surface area contributed by atoms with E-state index >= 15 is 0 Å². The van der Waals surface area contributed by atoms with Crippen LogP contribution in [0.5, 0.6) is 0 Å². The normalized spacial score (nSPS) is 15.1. The number of benzene rings is 2. The summed E-state index contributed by atoms with van der Waals surface area (Å²) < 4.78 is 23.1. The number of amides is 1. The molecule has 1 fully saturated rings. The largest absolute Gasteiger partial charge is 0.444 e. The molecule has 1 aliphatic rings. The van der Waals surface area contributed by atoms with Gasteiger partial charge in [0, 0.05) is 49.2 Å². The molecule has 3 heterocycles. The molecule has 4 aromatic rings. The van der Waals surface area contributed by atoms with Gasteiger partial charge in [0.15, 0.2) is 0 Å². The maximum Gasteiger partial charge on any atom is 0.410 e. The number of ether oxygens (including phenoxy) is 1. The SMILES string of the molecule is Cn1ccc(-c2ccc3c(c2)c(C2CCN(C(=O)OC(C)(C)C)CC2)cn3-c2ccc(F)cc2)n1.